The van der Waals surface area contributed by atoms with Crippen LogP contribution in [0, 0.1) is 13.8 Å². The zero-order valence-corrected chi connectivity index (χ0v) is 14.6. The molecule has 0 N–H and O–H groups in total. The third-order valence-corrected chi connectivity index (χ3v) is 4.29. The molecule has 1 aromatic heterocycles. The van der Waals surface area contributed by atoms with E-state index in [4.69, 9.17) is 4.52 Å². The van der Waals surface area contributed by atoms with Crippen LogP contribution < -0.4 is 0 Å². The lowest BCUT2D eigenvalue weighted by atomic mass is 10.1. The van der Waals surface area contributed by atoms with E-state index in [1.165, 1.54) is 0 Å². The Bertz CT molecular complexity index is 765. The minimum atomic E-state index is 0.0714. The number of aromatic nitrogens is 1. The van der Waals surface area contributed by atoms with Crippen molar-refractivity contribution in [1.82, 2.24) is 10.1 Å². The van der Waals surface area contributed by atoms with Crippen molar-refractivity contribution in [2.45, 2.75) is 33.4 Å². The molecule has 0 bridgehead atoms. The quantitative estimate of drug-likeness (QED) is 0.683. The van der Waals surface area contributed by atoms with Crippen LogP contribution in [0.25, 0.3) is 0 Å². The van der Waals surface area contributed by atoms with Crippen molar-refractivity contribution in [2.24, 2.45) is 0 Å². The van der Waals surface area contributed by atoms with Crippen molar-refractivity contribution in [1.29, 1.82) is 0 Å². The first-order valence-electron chi connectivity index (χ1n) is 8.41. The van der Waals surface area contributed by atoms with E-state index >= 15 is 0 Å². The maximum Gasteiger partial charge on any atom is 0.227 e. The highest BCUT2D eigenvalue weighted by Gasteiger charge is 2.19. The number of carbonyl (C=O) groups excluding carboxylic acids is 1. The van der Waals surface area contributed by atoms with E-state index in [1.54, 1.807) is 0 Å². The van der Waals surface area contributed by atoms with Gasteiger partial charge in [0.2, 0.25) is 5.91 Å². The Labute approximate surface area is 148 Å². The smallest absolute Gasteiger partial charge is 0.227 e. The maximum atomic E-state index is 13.0. The molecule has 2 aromatic carbocycles. The molecule has 4 heteroatoms. The summed E-state index contributed by atoms with van der Waals surface area (Å²) in [7, 11) is 0. The van der Waals surface area contributed by atoms with Gasteiger partial charge in [-0.3, -0.25) is 4.79 Å². The van der Waals surface area contributed by atoms with Gasteiger partial charge in [-0.2, -0.15) is 0 Å². The van der Waals surface area contributed by atoms with E-state index in [0.29, 0.717) is 25.3 Å². The molecule has 0 spiro atoms. The van der Waals surface area contributed by atoms with Crippen LogP contribution in [0.3, 0.4) is 0 Å². The molecule has 1 amide bonds. The van der Waals surface area contributed by atoms with Gasteiger partial charge < -0.3 is 9.42 Å². The first kappa shape index (κ1) is 17.0. The zero-order chi connectivity index (χ0) is 17.6. The number of aryl methyl sites for hydroxylation is 2. The summed E-state index contributed by atoms with van der Waals surface area (Å²) in [6, 6.07) is 20.1. The molecule has 0 aliphatic heterocycles. The van der Waals surface area contributed by atoms with Crippen molar-refractivity contribution >= 4 is 5.91 Å². The van der Waals surface area contributed by atoms with Crippen molar-refractivity contribution in [3.8, 4) is 0 Å². The number of rotatable bonds is 6. The molecule has 4 nitrogen and oxygen atoms in total. The summed E-state index contributed by atoms with van der Waals surface area (Å²) in [6.45, 7) is 4.88. The molecule has 0 fully saturated rings. The molecule has 0 saturated carbocycles. The minimum absolute atomic E-state index is 0.0714. The predicted molar refractivity (Wildman–Crippen MR) is 96.8 cm³/mol. The van der Waals surface area contributed by atoms with E-state index in [9.17, 15) is 4.79 Å². The Morgan fingerprint density at radius 1 is 0.920 bits per heavy atom. The van der Waals surface area contributed by atoms with Crippen molar-refractivity contribution in [2.75, 3.05) is 0 Å². The average Bonchev–Trinajstić information content (AvgIpc) is 2.95. The fourth-order valence-corrected chi connectivity index (χ4v) is 2.86. The predicted octanol–water partition coefficient (Wildman–Crippen LogP) is 4.06. The molecule has 0 unspecified atom stereocenters. The van der Waals surface area contributed by atoms with Crippen LogP contribution in [-0.4, -0.2) is 16.0 Å². The van der Waals surface area contributed by atoms with Gasteiger partial charge in [-0.1, -0.05) is 65.8 Å². The average molecular weight is 334 g/mol. The van der Waals surface area contributed by atoms with Gasteiger partial charge in [-0.05, 0) is 25.0 Å². The number of amides is 1. The summed E-state index contributed by atoms with van der Waals surface area (Å²) in [6.07, 6.45) is 0.306. The standard InChI is InChI=1S/C21H22N2O2/c1-16-20(17(2)25-22-16)13-21(24)23(14-18-9-5-3-6-10-18)15-19-11-7-4-8-12-19/h3-12H,13-15H2,1-2H3. The van der Waals surface area contributed by atoms with Crippen LogP contribution in [0.5, 0.6) is 0 Å². The fourth-order valence-electron chi connectivity index (χ4n) is 2.86. The SMILES string of the molecule is Cc1noc(C)c1CC(=O)N(Cc1ccccc1)Cc1ccccc1. The number of benzene rings is 2. The molecule has 128 valence electrons. The molecule has 3 aromatic rings. The summed E-state index contributed by atoms with van der Waals surface area (Å²) >= 11 is 0. The maximum absolute atomic E-state index is 13.0. The summed E-state index contributed by atoms with van der Waals surface area (Å²) in [5.74, 6) is 0.785. The molecule has 0 atom stereocenters. The molecular weight excluding hydrogens is 312 g/mol. The van der Waals surface area contributed by atoms with Gasteiger partial charge in [-0.15, -0.1) is 0 Å². The van der Waals surface area contributed by atoms with Crippen LogP contribution in [-0.2, 0) is 24.3 Å². The second-order valence-corrected chi connectivity index (χ2v) is 6.20. The van der Waals surface area contributed by atoms with E-state index in [1.807, 2.05) is 79.4 Å². The highest BCUT2D eigenvalue weighted by Crippen LogP contribution is 2.17. The number of carbonyl (C=O) groups is 1. The van der Waals surface area contributed by atoms with Crippen LogP contribution in [0.2, 0.25) is 0 Å². The third-order valence-electron chi connectivity index (χ3n) is 4.29. The molecule has 0 aliphatic rings. The van der Waals surface area contributed by atoms with Crippen LogP contribution in [0.1, 0.15) is 28.1 Å². The zero-order valence-electron chi connectivity index (χ0n) is 14.6. The Kier molecular flexibility index (Phi) is 5.29. The van der Waals surface area contributed by atoms with Crippen molar-refractivity contribution < 1.29 is 9.32 Å². The van der Waals surface area contributed by atoms with Crippen molar-refractivity contribution in [3.63, 3.8) is 0 Å². The minimum Gasteiger partial charge on any atom is -0.361 e. The lowest BCUT2D eigenvalue weighted by Gasteiger charge is -2.23. The molecule has 1 heterocycles. The highest BCUT2D eigenvalue weighted by molar-refractivity contribution is 5.79. The van der Waals surface area contributed by atoms with E-state index in [2.05, 4.69) is 5.16 Å². The van der Waals surface area contributed by atoms with Gasteiger partial charge in [0.25, 0.3) is 0 Å². The van der Waals surface area contributed by atoms with Crippen LogP contribution >= 0.6 is 0 Å². The third kappa shape index (κ3) is 4.35. The second kappa shape index (κ2) is 7.79. The first-order chi connectivity index (χ1) is 12.1. The summed E-state index contributed by atoms with van der Waals surface area (Å²) in [5.41, 5.74) is 3.90. The molecule has 25 heavy (non-hydrogen) atoms. The number of nitrogens with zero attached hydrogens (tertiary/aromatic N) is 2. The lowest BCUT2D eigenvalue weighted by Crippen LogP contribution is -2.31. The van der Waals surface area contributed by atoms with Gasteiger partial charge in [0.15, 0.2) is 0 Å². The molecule has 3 rings (SSSR count). The van der Waals surface area contributed by atoms with Gasteiger partial charge >= 0.3 is 0 Å². The largest absolute Gasteiger partial charge is 0.361 e. The molecule has 0 aliphatic carbocycles. The summed E-state index contributed by atoms with van der Waals surface area (Å²) in [5, 5.41) is 3.95. The normalized spacial score (nSPS) is 10.6. The summed E-state index contributed by atoms with van der Waals surface area (Å²) < 4.78 is 5.19. The molecular formula is C21H22N2O2. The van der Waals surface area contributed by atoms with Crippen LogP contribution in [0.15, 0.2) is 65.2 Å². The second-order valence-electron chi connectivity index (χ2n) is 6.20. The number of hydrogen-bond acceptors (Lipinski definition) is 3. The molecule has 0 radical (unpaired) electrons. The number of hydrogen-bond donors (Lipinski definition) is 0. The Hall–Kier alpha value is -2.88. The Balaban J connectivity index is 1.80. The van der Waals surface area contributed by atoms with Gasteiger partial charge in [0, 0.05) is 18.7 Å². The fraction of sp³-hybridized carbons (Fsp3) is 0.238. The van der Waals surface area contributed by atoms with E-state index < -0.39 is 0 Å². The van der Waals surface area contributed by atoms with Gasteiger partial charge in [0.05, 0.1) is 12.1 Å². The Morgan fingerprint density at radius 3 is 1.88 bits per heavy atom. The van der Waals surface area contributed by atoms with Gasteiger partial charge in [0.1, 0.15) is 5.76 Å². The topological polar surface area (TPSA) is 46.3 Å². The van der Waals surface area contributed by atoms with E-state index in [-0.39, 0.29) is 5.91 Å². The van der Waals surface area contributed by atoms with Crippen molar-refractivity contribution in [3.05, 3.63) is 88.8 Å². The summed E-state index contributed by atoms with van der Waals surface area (Å²) in [4.78, 5) is 14.9. The molecule has 0 saturated heterocycles. The highest BCUT2D eigenvalue weighted by atomic mass is 16.5. The lowest BCUT2D eigenvalue weighted by molar-refractivity contribution is -0.131. The monoisotopic (exact) mass is 334 g/mol. The first-order valence-corrected chi connectivity index (χ1v) is 8.41. The van der Waals surface area contributed by atoms with E-state index in [0.717, 1.165) is 22.4 Å². The van der Waals surface area contributed by atoms with Gasteiger partial charge in [-0.25, -0.2) is 0 Å². The van der Waals surface area contributed by atoms with Crippen LogP contribution in [0.4, 0.5) is 0 Å². The Morgan fingerprint density at radius 2 is 1.44 bits per heavy atom.